The molecule has 1 aliphatic carbocycles. The van der Waals surface area contributed by atoms with Gasteiger partial charge in [-0.25, -0.2) is 8.78 Å². The van der Waals surface area contributed by atoms with Crippen molar-refractivity contribution >= 4 is 0 Å². The van der Waals surface area contributed by atoms with Gasteiger partial charge in [0, 0.05) is 18.9 Å². The van der Waals surface area contributed by atoms with Gasteiger partial charge in [-0.3, -0.25) is 0 Å². The lowest BCUT2D eigenvalue weighted by molar-refractivity contribution is -0.178. The van der Waals surface area contributed by atoms with Gasteiger partial charge in [0.25, 0.3) is 0 Å². The molecule has 0 radical (unpaired) electrons. The third kappa shape index (κ3) is 1.79. The highest BCUT2D eigenvalue weighted by molar-refractivity contribution is 5.01. The van der Waals surface area contributed by atoms with Gasteiger partial charge in [0.15, 0.2) is 0 Å². The number of piperidine rings is 1. The van der Waals surface area contributed by atoms with Crippen LogP contribution in [0.4, 0.5) is 8.78 Å². The fraction of sp³-hybridized carbons (Fsp3) is 1.00. The summed E-state index contributed by atoms with van der Waals surface area (Å²) in [5.74, 6) is -2.35. The molecule has 0 aromatic carbocycles. The summed E-state index contributed by atoms with van der Waals surface area (Å²) in [6, 6.07) is 0.563. The predicted octanol–water partition coefficient (Wildman–Crippen LogP) is 2.91. The van der Waals surface area contributed by atoms with E-state index in [0.717, 1.165) is 25.9 Å². The maximum absolute atomic E-state index is 12.8. The topological polar surface area (TPSA) is 3.24 Å². The Labute approximate surface area is 84.5 Å². The molecule has 2 aliphatic rings. The Hall–Kier alpha value is -0.180. The fourth-order valence-electron chi connectivity index (χ4n) is 2.91. The summed E-state index contributed by atoms with van der Waals surface area (Å²) in [5, 5.41) is 0. The maximum atomic E-state index is 12.8. The minimum absolute atomic E-state index is 0.00882. The molecule has 1 saturated heterocycles. The van der Waals surface area contributed by atoms with Crippen LogP contribution in [0.3, 0.4) is 0 Å². The Morgan fingerprint density at radius 3 is 1.93 bits per heavy atom. The molecule has 0 N–H and O–H groups in total. The first kappa shape index (κ1) is 10.3. The Morgan fingerprint density at radius 2 is 1.57 bits per heavy atom. The van der Waals surface area contributed by atoms with Gasteiger partial charge in [-0.1, -0.05) is 0 Å². The average Bonchev–Trinajstić information content (AvgIpc) is 2.01. The molecule has 1 nitrogen and oxygen atoms in total. The minimum Gasteiger partial charge on any atom is -0.301 e. The zero-order chi connectivity index (χ0) is 10.4. The maximum Gasteiger partial charge on any atom is 0.249 e. The molecule has 82 valence electrons. The highest BCUT2D eigenvalue weighted by Crippen LogP contribution is 2.57. The molecule has 0 aromatic heterocycles. The monoisotopic (exact) mass is 203 g/mol. The molecule has 1 saturated carbocycles. The minimum atomic E-state index is -2.35. The van der Waals surface area contributed by atoms with E-state index >= 15 is 0 Å². The van der Waals surface area contributed by atoms with E-state index in [1.165, 1.54) is 0 Å². The van der Waals surface area contributed by atoms with Crippen molar-refractivity contribution in [2.45, 2.75) is 51.5 Å². The summed E-state index contributed by atoms with van der Waals surface area (Å²) in [6.45, 7) is 6.36. The number of hydrogen-bond donors (Lipinski definition) is 0. The molecule has 1 heterocycles. The van der Waals surface area contributed by atoms with Crippen LogP contribution in [0.1, 0.15) is 39.5 Å². The number of rotatable bonds is 1. The van der Waals surface area contributed by atoms with E-state index < -0.39 is 5.92 Å². The number of likely N-dealkylation sites (tertiary alicyclic amines) is 1. The summed E-state index contributed by atoms with van der Waals surface area (Å²) in [4.78, 5) is 2.39. The lowest BCUT2D eigenvalue weighted by Crippen LogP contribution is -2.53. The third-order valence-electron chi connectivity index (χ3n) is 3.86. The summed E-state index contributed by atoms with van der Waals surface area (Å²) < 4.78 is 25.6. The highest BCUT2D eigenvalue weighted by atomic mass is 19.3. The third-order valence-corrected chi connectivity index (χ3v) is 3.86. The van der Waals surface area contributed by atoms with Gasteiger partial charge in [0.05, 0.1) is 0 Å². The van der Waals surface area contributed by atoms with Crippen molar-refractivity contribution in [1.82, 2.24) is 4.90 Å². The lowest BCUT2D eigenvalue weighted by Gasteiger charge is -2.52. The molecule has 2 rings (SSSR count). The van der Waals surface area contributed by atoms with Crippen molar-refractivity contribution in [3.8, 4) is 0 Å². The Balaban J connectivity index is 1.86. The van der Waals surface area contributed by atoms with Gasteiger partial charge in [-0.15, -0.1) is 0 Å². The van der Waals surface area contributed by atoms with E-state index in [1.807, 2.05) is 0 Å². The standard InChI is InChI=1S/C11H19F2N/c1-9(2)14-5-3-10(4-6-14)7-11(12,13)8-10/h9H,3-8H2,1-2H3. The van der Waals surface area contributed by atoms with E-state index in [2.05, 4.69) is 18.7 Å². The molecule has 1 aliphatic heterocycles. The van der Waals surface area contributed by atoms with Crippen molar-refractivity contribution in [1.29, 1.82) is 0 Å². The zero-order valence-electron chi connectivity index (χ0n) is 9.02. The first-order chi connectivity index (χ1) is 6.43. The molecule has 2 fully saturated rings. The number of hydrogen-bond acceptors (Lipinski definition) is 1. The van der Waals surface area contributed by atoms with Gasteiger partial charge in [0.1, 0.15) is 0 Å². The largest absolute Gasteiger partial charge is 0.301 e. The van der Waals surface area contributed by atoms with Crippen molar-refractivity contribution in [3.05, 3.63) is 0 Å². The fourth-order valence-corrected chi connectivity index (χ4v) is 2.91. The smallest absolute Gasteiger partial charge is 0.249 e. The van der Waals surface area contributed by atoms with Crippen LogP contribution in [-0.2, 0) is 0 Å². The second-order valence-electron chi connectivity index (χ2n) is 5.34. The Morgan fingerprint density at radius 1 is 1.07 bits per heavy atom. The quantitative estimate of drug-likeness (QED) is 0.633. The van der Waals surface area contributed by atoms with E-state index in [-0.39, 0.29) is 18.3 Å². The van der Waals surface area contributed by atoms with Crippen LogP contribution in [0.25, 0.3) is 0 Å². The van der Waals surface area contributed by atoms with Crippen LogP contribution in [0.2, 0.25) is 0 Å². The van der Waals surface area contributed by atoms with Gasteiger partial charge >= 0.3 is 0 Å². The Bertz CT molecular complexity index is 207. The SMILES string of the molecule is CC(C)N1CCC2(CC1)CC(F)(F)C2. The molecule has 0 atom stereocenters. The second-order valence-corrected chi connectivity index (χ2v) is 5.34. The van der Waals surface area contributed by atoms with E-state index in [0.29, 0.717) is 6.04 Å². The number of nitrogens with zero attached hydrogens (tertiary/aromatic N) is 1. The summed E-state index contributed by atoms with van der Waals surface area (Å²) in [5.41, 5.74) is 0.00882. The van der Waals surface area contributed by atoms with Crippen molar-refractivity contribution < 1.29 is 8.78 Å². The van der Waals surface area contributed by atoms with Crippen molar-refractivity contribution in [2.24, 2.45) is 5.41 Å². The molecule has 14 heavy (non-hydrogen) atoms. The molecule has 0 aromatic rings. The lowest BCUT2D eigenvalue weighted by atomic mass is 9.61. The normalized spacial score (nSPS) is 30.6. The average molecular weight is 203 g/mol. The second kappa shape index (κ2) is 3.16. The van der Waals surface area contributed by atoms with E-state index in [1.54, 1.807) is 0 Å². The first-order valence-corrected chi connectivity index (χ1v) is 5.54. The van der Waals surface area contributed by atoms with E-state index in [9.17, 15) is 8.78 Å². The molecule has 1 spiro atoms. The van der Waals surface area contributed by atoms with Gasteiger partial charge in [-0.2, -0.15) is 0 Å². The van der Waals surface area contributed by atoms with Crippen LogP contribution < -0.4 is 0 Å². The summed E-state index contributed by atoms with van der Waals surface area (Å²) in [6.07, 6.45) is 2.24. The van der Waals surface area contributed by atoms with Crippen LogP contribution in [-0.4, -0.2) is 30.0 Å². The van der Waals surface area contributed by atoms with Crippen LogP contribution >= 0.6 is 0 Å². The first-order valence-electron chi connectivity index (χ1n) is 5.54. The van der Waals surface area contributed by atoms with Gasteiger partial charge in [0.2, 0.25) is 5.92 Å². The molecular formula is C11H19F2N. The zero-order valence-corrected chi connectivity index (χ0v) is 9.02. The summed E-state index contributed by atoms with van der Waals surface area (Å²) >= 11 is 0. The molecule has 3 heteroatoms. The van der Waals surface area contributed by atoms with Gasteiger partial charge in [-0.05, 0) is 45.2 Å². The predicted molar refractivity (Wildman–Crippen MR) is 52.6 cm³/mol. The number of alkyl halides is 2. The molecular weight excluding hydrogens is 184 g/mol. The Kier molecular flexibility index (Phi) is 2.33. The van der Waals surface area contributed by atoms with E-state index in [4.69, 9.17) is 0 Å². The van der Waals surface area contributed by atoms with Crippen molar-refractivity contribution in [2.75, 3.05) is 13.1 Å². The van der Waals surface area contributed by atoms with Crippen molar-refractivity contribution in [3.63, 3.8) is 0 Å². The molecule has 0 bridgehead atoms. The molecule has 0 unspecified atom stereocenters. The molecule has 0 amide bonds. The summed E-state index contributed by atoms with van der Waals surface area (Å²) in [7, 11) is 0. The van der Waals surface area contributed by atoms with Crippen LogP contribution in [0.5, 0.6) is 0 Å². The highest BCUT2D eigenvalue weighted by Gasteiger charge is 2.56. The van der Waals surface area contributed by atoms with Crippen LogP contribution in [0, 0.1) is 5.41 Å². The van der Waals surface area contributed by atoms with Gasteiger partial charge < -0.3 is 4.90 Å². The van der Waals surface area contributed by atoms with Crippen LogP contribution in [0.15, 0.2) is 0 Å². The number of halogens is 2.